The Bertz CT molecular complexity index is 455. The minimum atomic E-state index is -0.310. The summed E-state index contributed by atoms with van der Waals surface area (Å²) in [6.45, 7) is 1.89. The van der Waals surface area contributed by atoms with Gasteiger partial charge in [-0.05, 0) is 43.0 Å². The lowest BCUT2D eigenvalue weighted by molar-refractivity contribution is -0.100. The van der Waals surface area contributed by atoms with Crippen molar-refractivity contribution in [2.75, 3.05) is 19.8 Å². The van der Waals surface area contributed by atoms with Crippen LogP contribution in [0.25, 0.3) is 0 Å². The van der Waals surface area contributed by atoms with Gasteiger partial charge in [0.05, 0.1) is 19.3 Å². The van der Waals surface area contributed by atoms with Gasteiger partial charge in [0.25, 0.3) is 5.91 Å². The molecule has 3 rings (SSSR count). The summed E-state index contributed by atoms with van der Waals surface area (Å²) >= 11 is 5.72. The third kappa shape index (κ3) is 2.63. The molecule has 2 saturated heterocycles. The highest BCUT2D eigenvalue weighted by molar-refractivity contribution is 6.29. The highest BCUT2D eigenvalue weighted by Crippen LogP contribution is 2.26. The average Bonchev–Trinajstić information content (AvgIpc) is 3.09. The minimum absolute atomic E-state index is 0.0346. The second-order valence-electron chi connectivity index (χ2n) is 4.78. The van der Waals surface area contributed by atoms with Crippen LogP contribution in [0.1, 0.15) is 29.8 Å². The molecule has 0 saturated carbocycles. The first-order chi connectivity index (χ1) is 9.25. The van der Waals surface area contributed by atoms with E-state index < -0.39 is 0 Å². The fourth-order valence-corrected chi connectivity index (χ4v) is 2.81. The van der Waals surface area contributed by atoms with Crippen LogP contribution in [0.2, 0.25) is 5.22 Å². The molecule has 2 aliphatic rings. The number of hydrogen-bond acceptors (Lipinski definition) is 4. The Morgan fingerprint density at radius 3 is 2.74 bits per heavy atom. The van der Waals surface area contributed by atoms with Gasteiger partial charge in [0, 0.05) is 6.54 Å². The van der Waals surface area contributed by atoms with Crippen LogP contribution in [0.15, 0.2) is 16.5 Å². The maximum absolute atomic E-state index is 12.4. The number of furan rings is 1. The molecule has 2 aliphatic heterocycles. The van der Waals surface area contributed by atoms with E-state index in [4.69, 9.17) is 25.5 Å². The van der Waals surface area contributed by atoms with Crippen molar-refractivity contribution in [3.05, 3.63) is 23.1 Å². The van der Waals surface area contributed by atoms with Gasteiger partial charge in [0.15, 0.2) is 17.3 Å². The molecule has 1 atom stereocenters. The van der Waals surface area contributed by atoms with Crippen molar-refractivity contribution in [1.29, 1.82) is 0 Å². The van der Waals surface area contributed by atoms with E-state index in [0.717, 1.165) is 19.3 Å². The highest BCUT2D eigenvalue weighted by Gasteiger charge is 2.37. The molecule has 2 fully saturated rings. The Hall–Kier alpha value is -1.04. The summed E-state index contributed by atoms with van der Waals surface area (Å²) in [5.41, 5.74) is 0. The summed E-state index contributed by atoms with van der Waals surface area (Å²) in [7, 11) is 0. The lowest BCUT2D eigenvalue weighted by Gasteiger charge is -2.37. The molecule has 0 bridgehead atoms. The first kappa shape index (κ1) is 13.0. The van der Waals surface area contributed by atoms with Gasteiger partial charge in [-0.1, -0.05) is 0 Å². The fraction of sp³-hybridized carbons (Fsp3) is 0.615. The Morgan fingerprint density at radius 1 is 1.26 bits per heavy atom. The molecule has 5 nitrogen and oxygen atoms in total. The number of nitrogens with zero attached hydrogens (tertiary/aromatic N) is 1. The number of amides is 1. The van der Waals surface area contributed by atoms with E-state index in [1.807, 2.05) is 0 Å². The van der Waals surface area contributed by atoms with Gasteiger partial charge in [-0.25, -0.2) is 0 Å². The summed E-state index contributed by atoms with van der Waals surface area (Å²) in [6, 6.07) is 3.15. The van der Waals surface area contributed by atoms with E-state index in [0.29, 0.717) is 19.8 Å². The van der Waals surface area contributed by atoms with E-state index in [1.165, 1.54) is 0 Å². The standard InChI is InChI=1S/C13H16ClNO4/c14-11-5-4-10(19-11)12(16)15-6-2-1-3-9(15)13-17-7-8-18-13/h4-5,9,13H,1-3,6-8H2. The third-order valence-electron chi connectivity index (χ3n) is 3.56. The Balaban J connectivity index is 1.77. The zero-order valence-electron chi connectivity index (χ0n) is 10.5. The maximum atomic E-state index is 12.4. The van der Waals surface area contributed by atoms with Gasteiger partial charge in [-0.15, -0.1) is 0 Å². The van der Waals surface area contributed by atoms with E-state index in [1.54, 1.807) is 17.0 Å². The molecule has 0 aromatic carbocycles. The Morgan fingerprint density at radius 2 is 2.05 bits per heavy atom. The normalized spacial score (nSPS) is 24.9. The number of carbonyl (C=O) groups is 1. The summed E-state index contributed by atoms with van der Waals surface area (Å²) in [6.07, 6.45) is 2.65. The molecule has 1 aromatic rings. The quantitative estimate of drug-likeness (QED) is 0.837. The second-order valence-corrected chi connectivity index (χ2v) is 5.15. The molecule has 0 aliphatic carbocycles. The Kier molecular flexibility index (Phi) is 3.77. The lowest BCUT2D eigenvalue weighted by atomic mass is 10.0. The first-order valence-corrected chi connectivity index (χ1v) is 6.93. The van der Waals surface area contributed by atoms with Crippen molar-refractivity contribution in [3.63, 3.8) is 0 Å². The van der Waals surface area contributed by atoms with Gasteiger partial charge in [-0.3, -0.25) is 4.79 Å². The van der Waals surface area contributed by atoms with Crippen LogP contribution in [0.3, 0.4) is 0 Å². The Labute approximate surface area is 116 Å². The van der Waals surface area contributed by atoms with Gasteiger partial charge in [-0.2, -0.15) is 0 Å². The number of likely N-dealkylation sites (tertiary alicyclic amines) is 1. The molecule has 0 N–H and O–H groups in total. The number of ether oxygens (including phenoxy) is 2. The van der Waals surface area contributed by atoms with Crippen molar-refractivity contribution < 1.29 is 18.7 Å². The zero-order valence-corrected chi connectivity index (χ0v) is 11.3. The van der Waals surface area contributed by atoms with Crippen molar-refractivity contribution in [3.8, 4) is 0 Å². The van der Waals surface area contributed by atoms with E-state index in [2.05, 4.69) is 0 Å². The molecule has 104 valence electrons. The van der Waals surface area contributed by atoms with E-state index in [-0.39, 0.29) is 29.2 Å². The molecule has 1 aromatic heterocycles. The highest BCUT2D eigenvalue weighted by atomic mass is 35.5. The van der Waals surface area contributed by atoms with Gasteiger partial charge in [0.1, 0.15) is 0 Å². The molecule has 0 spiro atoms. The molecular weight excluding hydrogens is 270 g/mol. The fourth-order valence-electron chi connectivity index (χ4n) is 2.66. The predicted molar refractivity (Wildman–Crippen MR) is 68.1 cm³/mol. The van der Waals surface area contributed by atoms with Gasteiger partial charge < -0.3 is 18.8 Å². The first-order valence-electron chi connectivity index (χ1n) is 6.55. The third-order valence-corrected chi connectivity index (χ3v) is 3.76. The summed E-state index contributed by atoms with van der Waals surface area (Å²) < 4.78 is 16.3. The number of hydrogen-bond donors (Lipinski definition) is 0. The summed E-state index contributed by atoms with van der Waals surface area (Å²) in [4.78, 5) is 14.2. The molecule has 6 heteroatoms. The van der Waals surface area contributed by atoms with Crippen LogP contribution >= 0.6 is 11.6 Å². The summed E-state index contributed by atoms with van der Waals surface area (Å²) in [5.74, 6) is 0.130. The summed E-state index contributed by atoms with van der Waals surface area (Å²) in [5, 5.41) is 0.227. The number of halogens is 1. The number of piperidine rings is 1. The predicted octanol–water partition coefficient (Wildman–Crippen LogP) is 2.30. The van der Waals surface area contributed by atoms with Crippen molar-refractivity contribution in [2.24, 2.45) is 0 Å². The van der Waals surface area contributed by atoms with Crippen molar-refractivity contribution in [2.45, 2.75) is 31.6 Å². The van der Waals surface area contributed by atoms with Crippen molar-refractivity contribution >= 4 is 17.5 Å². The molecule has 0 radical (unpaired) electrons. The van der Waals surface area contributed by atoms with Crippen LogP contribution in [0.4, 0.5) is 0 Å². The molecule has 1 unspecified atom stereocenters. The smallest absolute Gasteiger partial charge is 0.290 e. The molecule has 3 heterocycles. The SMILES string of the molecule is O=C(c1ccc(Cl)o1)N1CCCCC1C1OCCO1. The topological polar surface area (TPSA) is 51.9 Å². The largest absolute Gasteiger partial charge is 0.440 e. The van der Waals surface area contributed by atoms with Crippen molar-refractivity contribution in [1.82, 2.24) is 4.90 Å². The molecule has 1 amide bonds. The molecular formula is C13H16ClNO4. The zero-order chi connectivity index (χ0) is 13.2. The van der Waals surface area contributed by atoms with E-state index in [9.17, 15) is 4.79 Å². The maximum Gasteiger partial charge on any atom is 0.290 e. The minimum Gasteiger partial charge on any atom is -0.440 e. The lowest BCUT2D eigenvalue weighted by Crippen LogP contribution is -2.50. The van der Waals surface area contributed by atoms with Crippen LogP contribution in [-0.4, -0.2) is 42.9 Å². The van der Waals surface area contributed by atoms with Crippen LogP contribution in [0.5, 0.6) is 0 Å². The average molecular weight is 286 g/mol. The van der Waals surface area contributed by atoms with Gasteiger partial charge >= 0.3 is 0 Å². The van der Waals surface area contributed by atoms with Gasteiger partial charge in [0.2, 0.25) is 0 Å². The monoisotopic (exact) mass is 285 g/mol. The number of carbonyl (C=O) groups excluding carboxylic acids is 1. The second kappa shape index (κ2) is 5.53. The number of rotatable bonds is 2. The van der Waals surface area contributed by atoms with Crippen LogP contribution in [-0.2, 0) is 9.47 Å². The van der Waals surface area contributed by atoms with Crippen LogP contribution in [0, 0.1) is 0 Å². The molecule has 19 heavy (non-hydrogen) atoms. The van der Waals surface area contributed by atoms with E-state index >= 15 is 0 Å². The van der Waals surface area contributed by atoms with Crippen LogP contribution < -0.4 is 0 Å².